The molecule has 0 spiro atoms. The largest absolute Gasteiger partial charge is 0.481 e. The van der Waals surface area contributed by atoms with E-state index in [1.807, 2.05) is 0 Å². The number of pyridine rings is 1. The number of hydrogen-bond acceptors (Lipinski definition) is 6. The Kier molecular flexibility index (Phi) is 3.88. The number of rotatable bonds is 4. The van der Waals surface area contributed by atoms with Crippen LogP contribution < -0.4 is 10.5 Å². The van der Waals surface area contributed by atoms with Crippen LogP contribution in [0.15, 0.2) is 18.2 Å². The van der Waals surface area contributed by atoms with E-state index in [0.717, 1.165) is 0 Å². The van der Waals surface area contributed by atoms with Gasteiger partial charge in [-0.25, -0.2) is 9.78 Å². The van der Waals surface area contributed by atoms with Gasteiger partial charge < -0.3 is 15.2 Å². The molecule has 0 atom stereocenters. The fraction of sp³-hybridized carbons (Fsp3) is 0.308. The smallest absolute Gasteiger partial charge is 0.359 e. The molecular formula is C13H16N4O3. The number of ether oxygens (including phenoxy) is 2. The minimum absolute atomic E-state index is 0.0414. The first kappa shape index (κ1) is 13.9. The third-order valence-corrected chi connectivity index (χ3v) is 2.80. The molecule has 2 aromatic rings. The third kappa shape index (κ3) is 2.71. The summed E-state index contributed by atoms with van der Waals surface area (Å²) in [4.78, 5) is 16.2. The second kappa shape index (κ2) is 5.60. The maximum atomic E-state index is 12.0. The van der Waals surface area contributed by atoms with Gasteiger partial charge >= 0.3 is 5.97 Å². The average Bonchev–Trinajstić information content (AvgIpc) is 2.70. The number of hydrogen-bond donors (Lipinski definition) is 1. The quantitative estimate of drug-likeness (QED) is 0.840. The number of esters is 1. The molecule has 0 bridgehead atoms. The molecule has 0 saturated heterocycles. The molecule has 0 saturated carbocycles. The third-order valence-electron chi connectivity index (χ3n) is 2.80. The van der Waals surface area contributed by atoms with Crippen molar-refractivity contribution >= 4 is 11.7 Å². The number of nitrogens with zero attached hydrogens (tertiary/aromatic N) is 3. The van der Waals surface area contributed by atoms with Crippen molar-refractivity contribution in [2.75, 3.05) is 12.8 Å². The molecule has 0 amide bonds. The summed E-state index contributed by atoms with van der Waals surface area (Å²) in [6.07, 6.45) is 0. The maximum absolute atomic E-state index is 12.0. The Bertz CT molecular complexity index is 637. The van der Waals surface area contributed by atoms with Gasteiger partial charge in [0.1, 0.15) is 6.61 Å². The average molecular weight is 276 g/mol. The minimum atomic E-state index is -0.532. The van der Waals surface area contributed by atoms with Crippen LogP contribution in [0.2, 0.25) is 0 Å². The van der Waals surface area contributed by atoms with Crippen LogP contribution in [0.5, 0.6) is 5.88 Å². The summed E-state index contributed by atoms with van der Waals surface area (Å²) in [6, 6.07) is 5.24. The molecule has 7 heteroatoms. The van der Waals surface area contributed by atoms with Gasteiger partial charge in [-0.15, -0.1) is 0 Å². The van der Waals surface area contributed by atoms with Crippen LogP contribution >= 0.6 is 0 Å². The summed E-state index contributed by atoms with van der Waals surface area (Å²) in [5, 5.41) is 4.07. The topological polar surface area (TPSA) is 92.3 Å². The second-order valence-corrected chi connectivity index (χ2v) is 4.22. The second-order valence-electron chi connectivity index (χ2n) is 4.22. The van der Waals surface area contributed by atoms with E-state index < -0.39 is 5.97 Å². The van der Waals surface area contributed by atoms with Crippen LogP contribution in [0.1, 0.15) is 21.9 Å². The molecule has 2 heterocycles. The van der Waals surface area contributed by atoms with Gasteiger partial charge in [-0.3, -0.25) is 4.68 Å². The van der Waals surface area contributed by atoms with Crippen molar-refractivity contribution in [3.8, 4) is 5.88 Å². The van der Waals surface area contributed by atoms with Gasteiger partial charge in [-0.1, -0.05) is 6.07 Å². The van der Waals surface area contributed by atoms with Crippen molar-refractivity contribution in [1.82, 2.24) is 14.8 Å². The van der Waals surface area contributed by atoms with Crippen molar-refractivity contribution in [3.05, 3.63) is 35.3 Å². The van der Waals surface area contributed by atoms with E-state index in [2.05, 4.69) is 10.1 Å². The lowest BCUT2D eigenvalue weighted by atomic mass is 10.3. The molecule has 0 aliphatic rings. The normalized spacial score (nSPS) is 10.3. The molecule has 7 nitrogen and oxygen atoms in total. The van der Waals surface area contributed by atoms with Gasteiger partial charge in [0.2, 0.25) is 5.88 Å². The van der Waals surface area contributed by atoms with Gasteiger partial charge in [0.05, 0.1) is 24.2 Å². The zero-order valence-electron chi connectivity index (χ0n) is 11.6. The number of carbonyl (C=O) groups is 1. The number of aryl methyl sites for hydroxylation is 2. The lowest BCUT2D eigenvalue weighted by Gasteiger charge is -2.06. The summed E-state index contributed by atoms with van der Waals surface area (Å²) >= 11 is 0. The summed E-state index contributed by atoms with van der Waals surface area (Å²) in [7, 11) is 3.17. The predicted octanol–water partition coefficient (Wildman–Crippen LogP) is 1.07. The highest BCUT2D eigenvalue weighted by atomic mass is 16.5. The van der Waals surface area contributed by atoms with Crippen LogP contribution in [0, 0.1) is 6.92 Å². The van der Waals surface area contributed by atoms with Crippen LogP contribution in [-0.4, -0.2) is 27.8 Å². The fourth-order valence-electron chi connectivity index (χ4n) is 1.78. The molecule has 2 rings (SSSR count). The Morgan fingerprint density at radius 1 is 1.45 bits per heavy atom. The number of aromatic nitrogens is 3. The van der Waals surface area contributed by atoms with Gasteiger partial charge in [0, 0.05) is 13.1 Å². The Morgan fingerprint density at radius 2 is 2.20 bits per heavy atom. The van der Waals surface area contributed by atoms with Crippen LogP contribution in [0.25, 0.3) is 0 Å². The van der Waals surface area contributed by atoms with Gasteiger partial charge in [-0.05, 0) is 13.0 Å². The van der Waals surface area contributed by atoms with Crippen molar-refractivity contribution in [2.45, 2.75) is 13.5 Å². The first-order valence-electron chi connectivity index (χ1n) is 5.99. The fourth-order valence-corrected chi connectivity index (χ4v) is 1.78. The molecule has 0 aliphatic heterocycles. The Balaban J connectivity index is 2.08. The van der Waals surface area contributed by atoms with E-state index in [0.29, 0.717) is 23.0 Å². The minimum Gasteiger partial charge on any atom is -0.481 e. The van der Waals surface area contributed by atoms with E-state index in [-0.39, 0.29) is 12.3 Å². The van der Waals surface area contributed by atoms with E-state index in [4.69, 9.17) is 15.2 Å². The van der Waals surface area contributed by atoms with E-state index in [1.165, 1.54) is 11.8 Å². The van der Waals surface area contributed by atoms with Crippen molar-refractivity contribution in [2.24, 2.45) is 7.05 Å². The highest BCUT2D eigenvalue weighted by molar-refractivity contribution is 5.93. The summed E-state index contributed by atoms with van der Waals surface area (Å²) in [5.74, 6) is -0.0651. The molecule has 0 fully saturated rings. The van der Waals surface area contributed by atoms with E-state index >= 15 is 0 Å². The Hall–Kier alpha value is -2.57. The van der Waals surface area contributed by atoms with E-state index in [9.17, 15) is 4.79 Å². The summed E-state index contributed by atoms with van der Waals surface area (Å²) in [5.41, 5.74) is 7.56. The number of carbonyl (C=O) groups excluding carboxylic acids is 1. The zero-order chi connectivity index (χ0) is 14.7. The lowest BCUT2D eigenvalue weighted by molar-refractivity contribution is 0.0455. The lowest BCUT2D eigenvalue weighted by Crippen LogP contribution is -2.13. The number of methoxy groups -OCH3 is 1. The molecule has 2 N–H and O–H groups in total. The van der Waals surface area contributed by atoms with Crippen LogP contribution in [0.3, 0.4) is 0 Å². The van der Waals surface area contributed by atoms with Crippen molar-refractivity contribution < 1.29 is 14.3 Å². The van der Waals surface area contributed by atoms with Crippen molar-refractivity contribution in [3.63, 3.8) is 0 Å². The standard InChI is InChI=1S/C13H16N4O3/c1-8-11(14)12(17(2)16-8)13(18)20-7-9-5-4-6-10(15-9)19-3/h4-6H,7,14H2,1-3H3. The molecule has 106 valence electrons. The zero-order valence-corrected chi connectivity index (χ0v) is 11.6. The summed E-state index contributed by atoms with van der Waals surface area (Å²) < 4.78 is 11.6. The Morgan fingerprint density at radius 3 is 2.80 bits per heavy atom. The number of anilines is 1. The molecule has 0 radical (unpaired) electrons. The van der Waals surface area contributed by atoms with E-state index in [1.54, 1.807) is 32.2 Å². The molecule has 0 aromatic carbocycles. The molecule has 0 aliphatic carbocycles. The first-order valence-corrected chi connectivity index (χ1v) is 5.99. The van der Waals surface area contributed by atoms with Crippen LogP contribution in [-0.2, 0) is 18.4 Å². The molecule has 0 unspecified atom stereocenters. The maximum Gasteiger partial charge on any atom is 0.359 e. The Labute approximate surface area is 116 Å². The molecule has 2 aromatic heterocycles. The van der Waals surface area contributed by atoms with Gasteiger partial charge in [-0.2, -0.15) is 5.10 Å². The summed E-state index contributed by atoms with van der Waals surface area (Å²) in [6.45, 7) is 1.77. The SMILES string of the molecule is COc1cccc(COC(=O)c2c(N)c(C)nn2C)n1. The highest BCUT2D eigenvalue weighted by Crippen LogP contribution is 2.17. The molecular weight excluding hydrogens is 260 g/mol. The monoisotopic (exact) mass is 276 g/mol. The predicted molar refractivity (Wildman–Crippen MR) is 72.3 cm³/mol. The number of nitrogens with two attached hydrogens (primary N) is 1. The van der Waals surface area contributed by atoms with Crippen LogP contribution in [0.4, 0.5) is 5.69 Å². The first-order chi connectivity index (χ1) is 9.52. The number of nitrogen functional groups attached to an aromatic ring is 1. The van der Waals surface area contributed by atoms with Gasteiger partial charge in [0.25, 0.3) is 0 Å². The van der Waals surface area contributed by atoms with Gasteiger partial charge in [0.15, 0.2) is 5.69 Å². The molecule has 20 heavy (non-hydrogen) atoms. The highest BCUT2D eigenvalue weighted by Gasteiger charge is 2.19. The van der Waals surface area contributed by atoms with Crippen molar-refractivity contribution in [1.29, 1.82) is 0 Å².